The number of fused-ring (bicyclic) bond motifs is 8. The van der Waals surface area contributed by atoms with E-state index in [1.807, 2.05) is 24.3 Å². The molecule has 362 valence electrons. The highest BCUT2D eigenvalue weighted by Gasteiger charge is 2.41. The summed E-state index contributed by atoms with van der Waals surface area (Å²) in [6.07, 6.45) is 29.3. The van der Waals surface area contributed by atoms with Gasteiger partial charge >= 0.3 is 0 Å². The van der Waals surface area contributed by atoms with Crippen LogP contribution >= 0.6 is 0 Å². The fourth-order valence-corrected chi connectivity index (χ4v) is 13.0. The Hall–Kier alpha value is -8.94. The van der Waals surface area contributed by atoms with Gasteiger partial charge in [-0.25, -0.2) is 9.98 Å². The minimum atomic E-state index is -0.329. The van der Waals surface area contributed by atoms with Crippen LogP contribution in [0.3, 0.4) is 0 Å². The number of nitrogens with zero attached hydrogens (tertiary/aromatic N) is 5. The van der Waals surface area contributed by atoms with Gasteiger partial charge in [0.1, 0.15) is 5.84 Å². The molecule has 4 aliphatic heterocycles. The van der Waals surface area contributed by atoms with Crippen LogP contribution in [-0.2, 0) is 6.42 Å². The lowest BCUT2D eigenvalue weighted by atomic mass is 9.82. The average molecular weight is 970 g/mol. The molecule has 2 N–H and O–H groups in total. The van der Waals surface area contributed by atoms with E-state index < -0.39 is 0 Å². The number of dihydropyridines is 1. The number of allylic oxidation sites excluding steroid dienone is 14. The first kappa shape index (κ1) is 43.6. The van der Waals surface area contributed by atoms with Crippen LogP contribution in [0.4, 0.5) is 11.4 Å². The second-order valence-corrected chi connectivity index (χ2v) is 20.7. The molecule has 1 aromatic heterocycles. The van der Waals surface area contributed by atoms with Crippen LogP contribution in [0.1, 0.15) is 77.1 Å². The first-order valence-electron chi connectivity index (χ1n) is 26.8. The number of hydrogen-bond donors (Lipinski definition) is 2. The summed E-state index contributed by atoms with van der Waals surface area (Å²) in [5, 5.41) is 8.84. The molecule has 75 heavy (non-hydrogen) atoms. The third kappa shape index (κ3) is 7.39. The summed E-state index contributed by atoms with van der Waals surface area (Å²) >= 11 is 0. The van der Waals surface area contributed by atoms with Crippen molar-refractivity contribution in [2.24, 2.45) is 15.9 Å². The summed E-state index contributed by atoms with van der Waals surface area (Å²) in [6, 6.07) is 57.0. The lowest BCUT2D eigenvalue weighted by Crippen LogP contribution is -2.44. The zero-order valence-corrected chi connectivity index (χ0v) is 41.7. The maximum atomic E-state index is 5.19. The number of anilines is 2. The fraction of sp³-hybridized carbons (Fsp3) is 0.147. The molecule has 0 radical (unpaired) electrons. The molecular formula is C68H55N7. The predicted molar refractivity (Wildman–Crippen MR) is 309 cm³/mol. The van der Waals surface area contributed by atoms with Gasteiger partial charge in [0.2, 0.25) is 0 Å². The summed E-state index contributed by atoms with van der Waals surface area (Å²) in [4.78, 5) is 15.3. The van der Waals surface area contributed by atoms with Gasteiger partial charge in [0.15, 0.2) is 12.0 Å². The molecular weight excluding hydrogens is 915 g/mol. The second-order valence-electron chi connectivity index (χ2n) is 20.7. The van der Waals surface area contributed by atoms with E-state index in [1.165, 1.54) is 95.4 Å². The Morgan fingerprint density at radius 3 is 2.13 bits per heavy atom. The van der Waals surface area contributed by atoms with Crippen LogP contribution in [0.25, 0.3) is 33.8 Å². The number of rotatable bonds is 8. The first-order valence-corrected chi connectivity index (χ1v) is 26.8. The van der Waals surface area contributed by atoms with E-state index in [9.17, 15) is 0 Å². The molecule has 7 nitrogen and oxygen atoms in total. The normalized spacial score (nSPS) is 21.2. The minimum Gasteiger partial charge on any atom is -0.379 e. The molecule has 15 rings (SSSR count). The molecule has 0 spiro atoms. The molecule has 5 heterocycles. The summed E-state index contributed by atoms with van der Waals surface area (Å²) in [7, 11) is 0. The Labute approximate surface area is 438 Å². The Kier molecular flexibility index (Phi) is 10.4. The van der Waals surface area contributed by atoms with E-state index in [-0.39, 0.29) is 12.1 Å². The number of nitrogens with one attached hydrogen (secondary N) is 2. The first-order chi connectivity index (χ1) is 37.2. The Bertz CT molecular complexity index is 3850. The van der Waals surface area contributed by atoms with Crippen LogP contribution in [-0.4, -0.2) is 28.9 Å². The van der Waals surface area contributed by atoms with Crippen molar-refractivity contribution in [3.63, 3.8) is 0 Å². The number of para-hydroxylation sites is 2. The van der Waals surface area contributed by atoms with Crippen molar-refractivity contribution in [3.8, 4) is 5.69 Å². The number of benzene rings is 6. The van der Waals surface area contributed by atoms with Crippen molar-refractivity contribution < 1.29 is 0 Å². The summed E-state index contributed by atoms with van der Waals surface area (Å²) < 4.78 is 2.49. The molecule has 0 amide bonds. The smallest absolute Gasteiger partial charge is 0.162 e. The van der Waals surface area contributed by atoms with Crippen molar-refractivity contribution in [2.45, 2.75) is 50.6 Å². The lowest BCUT2D eigenvalue weighted by molar-refractivity contribution is 0.642. The van der Waals surface area contributed by atoms with Crippen molar-refractivity contribution in [3.05, 3.63) is 286 Å². The number of amidine groups is 2. The van der Waals surface area contributed by atoms with Crippen LogP contribution in [0.15, 0.2) is 256 Å². The van der Waals surface area contributed by atoms with Gasteiger partial charge < -0.3 is 25.0 Å². The van der Waals surface area contributed by atoms with E-state index in [2.05, 4.69) is 219 Å². The van der Waals surface area contributed by atoms with E-state index >= 15 is 0 Å². The van der Waals surface area contributed by atoms with Gasteiger partial charge in [-0.3, -0.25) is 0 Å². The Morgan fingerprint density at radius 2 is 1.33 bits per heavy atom. The SMILES string of the molecule is C1=CCC2C(=C1)N(c1ccccc1)C1=C2C=C(c2ccc3c(c2)C2CC(c4ccc5c(c4)c4c(n5-c5ccccc5)CCC=C4)=CC=C2N3C2=CC=C(C3N=C(c4ccccc4)N=C(c4ccccc4)N3)NC2)CC1. The molecule has 0 bridgehead atoms. The van der Waals surface area contributed by atoms with Gasteiger partial charge in [0.05, 0.1) is 17.8 Å². The summed E-state index contributed by atoms with van der Waals surface area (Å²) in [5.41, 5.74) is 24.5. The van der Waals surface area contributed by atoms with E-state index in [1.54, 1.807) is 0 Å². The third-order valence-electron chi connectivity index (χ3n) is 16.5. The predicted octanol–water partition coefficient (Wildman–Crippen LogP) is 14.5. The van der Waals surface area contributed by atoms with Gasteiger partial charge in [0, 0.05) is 79.5 Å². The quantitative estimate of drug-likeness (QED) is 0.159. The van der Waals surface area contributed by atoms with Crippen molar-refractivity contribution in [1.29, 1.82) is 0 Å². The van der Waals surface area contributed by atoms with Crippen LogP contribution < -0.4 is 20.4 Å². The maximum absolute atomic E-state index is 5.19. The molecule has 3 atom stereocenters. The van der Waals surface area contributed by atoms with Gasteiger partial charge in [-0.05, 0) is 145 Å². The maximum Gasteiger partial charge on any atom is 0.162 e. The highest BCUT2D eigenvalue weighted by atomic mass is 15.2. The van der Waals surface area contributed by atoms with Crippen molar-refractivity contribution >= 4 is 51.2 Å². The third-order valence-corrected chi connectivity index (χ3v) is 16.5. The monoisotopic (exact) mass is 969 g/mol. The molecule has 7 aromatic rings. The molecule has 0 saturated heterocycles. The molecule has 4 aliphatic carbocycles. The van der Waals surface area contributed by atoms with Gasteiger partial charge in [-0.2, -0.15) is 0 Å². The van der Waals surface area contributed by atoms with Gasteiger partial charge in [0.25, 0.3) is 0 Å². The Balaban J connectivity index is 0.813. The highest BCUT2D eigenvalue weighted by Crippen LogP contribution is 2.54. The average Bonchev–Trinajstić information content (AvgIpc) is 4.17. The van der Waals surface area contributed by atoms with Gasteiger partial charge in [-0.15, -0.1) is 0 Å². The molecule has 6 aromatic carbocycles. The summed E-state index contributed by atoms with van der Waals surface area (Å²) in [5.74, 6) is 2.09. The van der Waals surface area contributed by atoms with Crippen molar-refractivity contribution in [1.82, 2.24) is 15.2 Å². The standard InChI is InChI=1S/C68H55N7/c1-5-17-44(18-6-1)66-70-67(45-19-7-2-8-20-45)72-68(71-66)59-34-33-52(43-69-59)75-64-37-31-48(46-29-35-62-55(39-46)53-25-13-15-27-60(53)73(62)50-21-9-3-10-22-50)41-57(64)58-42-49(32-38-65(58)75)47-30-36-63-56(40-47)54-26-14-16-28-61(54)74(63)51-23-11-4-12-24-51/h1-15,17-24,26-27,30-34,36-41,53,58,68-69H,16,25,28-29,35,42-43H2,(H,70,71,72). The largest absolute Gasteiger partial charge is 0.379 e. The number of hydrogen-bond acceptors (Lipinski definition) is 6. The van der Waals surface area contributed by atoms with E-state index in [4.69, 9.17) is 9.98 Å². The molecule has 8 aliphatic rings. The molecule has 7 heteroatoms. The van der Waals surface area contributed by atoms with Crippen molar-refractivity contribution in [2.75, 3.05) is 16.3 Å². The highest BCUT2D eigenvalue weighted by molar-refractivity contribution is 6.13. The Morgan fingerprint density at radius 1 is 0.587 bits per heavy atom. The van der Waals surface area contributed by atoms with Gasteiger partial charge in [-0.1, -0.05) is 146 Å². The molecule has 0 fully saturated rings. The number of aliphatic imine (C=N–C) groups is 2. The zero-order chi connectivity index (χ0) is 49.4. The topological polar surface area (TPSA) is 60.2 Å². The second kappa shape index (κ2) is 17.9. The lowest BCUT2D eigenvalue weighted by Gasteiger charge is -2.32. The van der Waals surface area contributed by atoms with Crippen LogP contribution in [0, 0.1) is 5.92 Å². The van der Waals surface area contributed by atoms with Crippen LogP contribution in [0.5, 0.6) is 0 Å². The van der Waals surface area contributed by atoms with E-state index in [0.717, 1.165) is 67.0 Å². The number of aromatic nitrogens is 1. The van der Waals surface area contributed by atoms with Crippen LogP contribution in [0.2, 0.25) is 0 Å². The van der Waals surface area contributed by atoms with E-state index in [0.29, 0.717) is 12.5 Å². The zero-order valence-electron chi connectivity index (χ0n) is 41.7. The minimum absolute atomic E-state index is 0.185. The summed E-state index contributed by atoms with van der Waals surface area (Å²) in [6.45, 7) is 0.652. The fourth-order valence-electron chi connectivity index (χ4n) is 13.0. The molecule has 0 saturated carbocycles. The molecule has 3 unspecified atom stereocenters.